The fourth-order valence-corrected chi connectivity index (χ4v) is 1.70. The van der Waals surface area contributed by atoms with Gasteiger partial charge in [0.1, 0.15) is 5.82 Å². The Morgan fingerprint density at radius 3 is 2.62 bits per heavy atom. The number of halogens is 1. The van der Waals surface area contributed by atoms with Gasteiger partial charge in [0.2, 0.25) is 11.8 Å². The summed E-state index contributed by atoms with van der Waals surface area (Å²) in [4.78, 5) is 15.8. The molecule has 0 fully saturated rings. The highest BCUT2D eigenvalue weighted by Crippen LogP contribution is 2.08. The number of nitrogens with zero attached hydrogens (tertiary/aromatic N) is 1. The average Bonchev–Trinajstić information content (AvgIpc) is 2.50. The van der Waals surface area contributed by atoms with E-state index in [1.54, 1.807) is 19.4 Å². The molecule has 0 saturated carbocycles. The van der Waals surface area contributed by atoms with Gasteiger partial charge in [-0.15, -0.1) is 0 Å². The number of carbonyl (C=O) groups excluding carboxylic acids is 1. The normalized spacial score (nSPS) is 10.2. The highest BCUT2D eigenvalue weighted by molar-refractivity contribution is 5.92. The number of hydrogen-bond donors (Lipinski definition) is 2. The smallest absolute Gasteiger partial charge is 0.238 e. The van der Waals surface area contributed by atoms with Gasteiger partial charge in [-0.2, -0.15) is 0 Å². The van der Waals surface area contributed by atoms with Crippen LogP contribution >= 0.6 is 0 Å². The first-order valence-electron chi connectivity index (χ1n) is 6.42. The second-order valence-electron chi connectivity index (χ2n) is 4.37. The van der Waals surface area contributed by atoms with Gasteiger partial charge in [-0.3, -0.25) is 4.79 Å². The molecule has 0 saturated heterocycles. The number of anilines is 1. The van der Waals surface area contributed by atoms with E-state index in [0.29, 0.717) is 18.1 Å². The number of methoxy groups -OCH3 is 1. The van der Waals surface area contributed by atoms with E-state index in [-0.39, 0.29) is 18.3 Å². The zero-order chi connectivity index (χ0) is 15.1. The van der Waals surface area contributed by atoms with E-state index in [9.17, 15) is 9.18 Å². The number of benzene rings is 1. The molecule has 0 atom stereocenters. The molecule has 0 unspecified atom stereocenters. The van der Waals surface area contributed by atoms with E-state index in [1.807, 2.05) is 6.07 Å². The number of carbonyl (C=O) groups is 1. The van der Waals surface area contributed by atoms with Crippen molar-refractivity contribution >= 4 is 11.6 Å². The van der Waals surface area contributed by atoms with Gasteiger partial charge < -0.3 is 15.4 Å². The lowest BCUT2D eigenvalue weighted by Gasteiger charge is -2.07. The van der Waals surface area contributed by atoms with E-state index in [0.717, 1.165) is 5.56 Å². The van der Waals surface area contributed by atoms with Crippen LogP contribution in [0.15, 0.2) is 42.6 Å². The molecular weight excluding hydrogens is 273 g/mol. The minimum absolute atomic E-state index is 0.156. The Morgan fingerprint density at radius 2 is 2.00 bits per heavy atom. The molecule has 6 heteroatoms. The summed E-state index contributed by atoms with van der Waals surface area (Å²) in [5.74, 6) is 0.0222. The van der Waals surface area contributed by atoms with Gasteiger partial charge in [0.15, 0.2) is 0 Å². The first-order chi connectivity index (χ1) is 10.2. The predicted molar refractivity (Wildman–Crippen MR) is 77.5 cm³/mol. The lowest BCUT2D eigenvalue weighted by molar-refractivity contribution is -0.115. The fraction of sp³-hybridized carbons (Fsp3) is 0.200. The number of hydrogen-bond acceptors (Lipinski definition) is 4. The molecule has 1 amide bonds. The van der Waals surface area contributed by atoms with Crippen LogP contribution < -0.4 is 15.4 Å². The minimum atomic E-state index is -0.335. The third-order valence-corrected chi connectivity index (χ3v) is 2.75. The Hall–Kier alpha value is -2.47. The maximum Gasteiger partial charge on any atom is 0.238 e. The Labute approximate surface area is 122 Å². The second-order valence-corrected chi connectivity index (χ2v) is 4.37. The number of rotatable bonds is 6. The largest absolute Gasteiger partial charge is 0.481 e. The Kier molecular flexibility index (Phi) is 5.22. The number of amides is 1. The third-order valence-electron chi connectivity index (χ3n) is 2.75. The van der Waals surface area contributed by atoms with Gasteiger partial charge in [0.05, 0.1) is 13.7 Å². The van der Waals surface area contributed by atoms with Gasteiger partial charge in [0.25, 0.3) is 0 Å². The molecule has 2 rings (SSSR count). The van der Waals surface area contributed by atoms with Crippen LogP contribution in [0.3, 0.4) is 0 Å². The van der Waals surface area contributed by atoms with Crippen LogP contribution in [0.4, 0.5) is 10.1 Å². The van der Waals surface area contributed by atoms with Crippen LogP contribution in [0.2, 0.25) is 0 Å². The maximum atomic E-state index is 12.7. The molecule has 5 nitrogen and oxygen atoms in total. The van der Waals surface area contributed by atoms with Crippen molar-refractivity contribution in [3.05, 3.63) is 54.0 Å². The van der Waals surface area contributed by atoms with Crippen LogP contribution in [-0.2, 0) is 11.3 Å². The van der Waals surface area contributed by atoms with Crippen LogP contribution in [0.1, 0.15) is 5.56 Å². The second kappa shape index (κ2) is 7.35. The average molecular weight is 289 g/mol. The number of ether oxygens (including phenoxy) is 1. The summed E-state index contributed by atoms with van der Waals surface area (Å²) in [5, 5.41) is 5.67. The molecule has 1 aromatic heterocycles. The summed E-state index contributed by atoms with van der Waals surface area (Å²) < 4.78 is 17.7. The van der Waals surface area contributed by atoms with E-state index in [2.05, 4.69) is 15.6 Å². The van der Waals surface area contributed by atoms with Crippen LogP contribution in [-0.4, -0.2) is 24.5 Å². The maximum absolute atomic E-state index is 12.7. The quantitative estimate of drug-likeness (QED) is 0.853. The zero-order valence-corrected chi connectivity index (χ0v) is 11.6. The van der Waals surface area contributed by atoms with E-state index in [4.69, 9.17) is 4.74 Å². The predicted octanol–water partition coefficient (Wildman–Crippen LogP) is 1.96. The molecule has 0 aliphatic rings. The Balaban J connectivity index is 1.74. The third kappa shape index (κ3) is 4.85. The van der Waals surface area contributed by atoms with Gasteiger partial charge in [-0.25, -0.2) is 9.37 Å². The zero-order valence-electron chi connectivity index (χ0n) is 11.6. The molecule has 21 heavy (non-hydrogen) atoms. The molecule has 110 valence electrons. The summed E-state index contributed by atoms with van der Waals surface area (Å²) in [5.41, 5.74) is 1.51. The first-order valence-corrected chi connectivity index (χ1v) is 6.42. The standard InChI is InChI=1S/C15H16FN3O2/c1-21-15-7-2-11(9-18-15)8-17-10-14(20)19-13-5-3-12(16)4-6-13/h2-7,9,17H,8,10H2,1H3,(H,19,20). The fourth-order valence-electron chi connectivity index (χ4n) is 1.70. The van der Waals surface area contributed by atoms with Crippen molar-refractivity contribution in [2.45, 2.75) is 6.54 Å². The molecule has 0 aliphatic carbocycles. The van der Waals surface area contributed by atoms with E-state index >= 15 is 0 Å². The van der Waals surface area contributed by atoms with Gasteiger partial charge in [0, 0.05) is 24.5 Å². The summed E-state index contributed by atoms with van der Waals surface area (Å²) in [6.07, 6.45) is 1.68. The summed E-state index contributed by atoms with van der Waals surface area (Å²) in [6, 6.07) is 9.26. The highest BCUT2D eigenvalue weighted by Gasteiger charge is 2.02. The molecule has 2 N–H and O–H groups in total. The van der Waals surface area contributed by atoms with E-state index in [1.165, 1.54) is 24.3 Å². The molecule has 1 heterocycles. The number of pyridine rings is 1. The van der Waals surface area contributed by atoms with Crippen molar-refractivity contribution in [3.8, 4) is 5.88 Å². The van der Waals surface area contributed by atoms with Crippen LogP contribution in [0.5, 0.6) is 5.88 Å². The molecule has 1 aromatic carbocycles. The van der Waals surface area contributed by atoms with Gasteiger partial charge >= 0.3 is 0 Å². The summed E-state index contributed by atoms with van der Waals surface area (Å²) in [7, 11) is 1.56. The lowest BCUT2D eigenvalue weighted by Crippen LogP contribution is -2.27. The van der Waals surface area contributed by atoms with Crippen molar-refractivity contribution in [1.29, 1.82) is 0 Å². The van der Waals surface area contributed by atoms with Crippen LogP contribution in [0, 0.1) is 5.82 Å². The van der Waals surface area contributed by atoms with Crippen molar-refractivity contribution in [3.63, 3.8) is 0 Å². The monoisotopic (exact) mass is 289 g/mol. The van der Waals surface area contributed by atoms with E-state index < -0.39 is 0 Å². The van der Waals surface area contributed by atoms with Gasteiger partial charge in [-0.05, 0) is 29.8 Å². The summed E-state index contributed by atoms with van der Waals surface area (Å²) >= 11 is 0. The molecule has 0 bridgehead atoms. The number of nitrogens with one attached hydrogen (secondary N) is 2. The van der Waals surface area contributed by atoms with Crippen molar-refractivity contribution in [2.24, 2.45) is 0 Å². The minimum Gasteiger partial charge on any atom is -0.481 e. The highest BCUT2D eigenvalue weighted by atomic mass is 19.1. The van der Waals surface area contributed by atoms with Crippen LogP contribution in [0.25, 0.3) is 0 Å². The molecular formula is C15H16FN3O2. The van der Waals surface area contributed by atoms with Gasteiger partial charge in [-0.1, -0.05) is 6.07 Å². The van der Waals surface area contributed by atoms with Crippen molar-refractivity contribution in [2.75, 3.05) is 19.0 Å². The Bertz CT molecular complexity index is 585. The topological polar surface area (TPSA) is 63.2 Å². The summed E-state index contributed by atoms with van der Waals surface area (Å²) in [6.45, 7) is 0.678. The molecule has 0 aliphatic heterocycles. The SMILES string of the molecule is COc1ccc(CNCC(=O)Nc2ccc(F)cc2)cn1. The first kappa shape index (κ1) is 14.9. The molecule has 0 spiro atoms. The lowest BCUT2D eigenvalue weighted by atomic mass is 10.3. The molecule has 2 aromatic rings. The van der Waals surface area contributed by atoms with Crippen molar-refractivity contribution < 1.29 is 13.9 Å². The molecule has 0 radical (unpaired) electrons. The Morgan fingerprint density at radius 1 is 1.24 bits per heavy atom. The number of aromatic nitrogens is 1. The van der Waals surface area contributed by atoms with Crippen molar-refractivity contribution in [1.82, 2.24) is 10.3 Å².